The monoisotopic (exact) mass is 309 g/mol. The lowest BCUT2D eigenvalue weighted by Gasteiger charge is -2.11. The molecule has 0 saturated carbocycles. The number of nitrogen functional groups attached to an aromatic ring is 1. The summed E-state index contributed by atoms with van der Waals surface area (Å²) in [7, 11) is 1.25. The quantitative estimate of drug-likeness (QED) is 0.732. The minimum absolute atomic E-state index is 0.0553. The van der Waals surface area contributed by atoms with E-state index < -0.39 is 5.97 Å². The first-order chi connectivity index (χ1) is 11.2. The summed E-state index contributed by atoms with van der Waals surface area (Å²) in [6.45, 7) is 0. The number of nitriles is 1. The van der Waals surface area contributed by atoms with Gasteiger partial charge < -0.3 is 19.5 Å². The molecule has 23 heavy (non-hydrogen) atoms. The molecule has 0 amide bonds. The van der Waals surface area contributed by atoms with Crippen molar-refractivity contribution in [3.05, 3.63) is 48.1 Å². The molecule has 2 N–H and O–H groups in total. The molecule has 2 heterocycles. The largest absolute Gasteiger partial charge is 0.464 e. The predicted molar refractivity (Wildman–Crippen MR) is 79.5 cm³/mol. The van der Waals surface area contributed by atoms with Crippen LogP contribution in [0.1, 0.15) is 16.1 Å². The molecule has 0 fully saturated rings. The van der Waals surface area contributed by atoms with Gasteiger partial charge in [-0.1, -0.05) is 12.1 Å². The van der Waals surface area contributed by atoms with E-state index in [-0.39, 0.29) is 22.8 Å². The standard InChI is InChI=1S/C15H11N5O3/c1-22-15(21)13-12(17)9(6-16)7-20(13)11-5-3-2-4-10(11)14-19-18-8-23-14/h2-5,7-8H,17H2,1H3. The van der Waals surface area contributed by atoms with Crippen LogP contribution in [-0.2, 0) is 4.74 Å². The first-order valence-electron chi connectivity index (χ1n) is 6.52. The second kappa shape index (κ2) is 5.65. The van der Waals surface area contributed by atoms with Gasteiger partial charge in [0.2, 0.25) is 12.3 Å². The molecule has 0 atom stereocenters. The highest BCUT2D eigenvalue weighted by Gasteiger charge is 2.23. The summed E-state index contributed by atoms with van der Waals surface area (Å²) in [5, 5.41) is 16.7. The Hall–Kier alpha value is -3.60. The summed E-state index contributed by atoms with van der Waals surface area (Å²) >= 11 is 0. The highest BCUT2D eigenvalue weighted by molar-refractivity contribution is 5.96. The van der Waals surface area contributed by atoms with Crippen molar-refractivity contribution in [1.82, 2.24) is 14.8 Å². The van der Waals surface area contributed by atoms with Crippen LogP contribution < -0.4 is 5.73 Å². The van der Waals surface area contributed by atoms with Gasteiger partial charge >= 0.3 is 5.97 Å². The molecule has 114 valence electrons. The zero-order valence-corrected chi connectivity index (χ0v) is 12.1. The molecule has 2 aromatic heterocycles. The molecule has 0 aliphatic heterocycles. The Kier molecular flexibility index (Phi) is 3.52. The van der Waals surface area contributed by atoms with Gasteiger partial charge in [-0.25, -0.2) is 4.79 Å². The van der Waals surface area contributed by atoms with Gasteiger partial charge in [-0.05, 0) is 12.1 Å². The number of nitrogens with two attached hydrogens (primary N) is 1. The lowest BCUT2D eigenvalue weighted by molar-refractivity contribution is 0.0593. The van der Waals surface area contributed by atoms with Crippen LogP contribution in [0.3, 0.4) is 0 Å². The van der Waals surface area contributed by atoms with Crippen LogP contribution in [0.5, 0.6) is 0 Å². The number of aromatic nitrogens is 3. The Morgan fingerprint density at radius 1 is 1.43 bits per heavy atom. The minimum Gasteiger partial charge on any atom is -0.464 e. The van der Waals surface area contributed by atoms with Crippen LogP contribution in [-0.4, -0.2) is 27.8 Å². The normalized spacial score (nSPS) is 10.3. The highest BCUT2D eigenvalue weighted by Crippen LogP contribution is 2.30. The van der Waals surface area contributed by atoms with E-state index >= 15 is 0 Å². The Labute approximate surface area is 130 Å². The molecule has 0 saturated heterocycles. The van der Waals surface area contributed by atoms with E-state index in [1.165, 1.54) is 24.3 Å². The Bertz CT molecular complexity index is 906. The zero-order chi connectivity index (χ0) is 16.4. The van der Waals surface area contributed by atoms with Crippen LogP contribution in [0.25, 0.3) is 17.1 Å². The molecule has 0 aliphatic rings. The number of methoxy groups -OCH3 is 1. The first kappa shape index (κ1) is 14.3. The van der Waals surface area contributed by atoms with Crippen molar-refractivity contribution >= 4 is 11.7 Å². The molecule has 0 radical (unpaired) electrons. The molecule has 3 aromatic rings. The number of hydrogen-bond donors (Lipinski definition) is 1. The van der Waals surface area contributed by atoms with Crippen molar-refractivity contribution in [3.63, 3.8) is 0 Å². The zero-order valence-electron chi connectivity index (χ0n) is 12.1. The Balaban J connectivity index is 2.29. The summed E-state index contributed by atoms with van der Waals surface area (Å²) < 4.78 is 11.5. The fraction of sp³-hybridized carbons (Fsp3) is 0.0667. The number of para-hydroxylation sites is 1. The number of carbonyl (C=O) groups excluding carboxylic acids is 1. The topological polar surface area (TPSA) is 120 Å². The summed E-state index contributed by atoms with van der Waals surface area (Å²) in [5.74, 6) is -0.369. The van der Waals surface area contributed by atoms with E-state index in [1.54, 1.807) is 24.3 Å². The predicted octanol–water partition coefficient (Wildman–Crippen LogP) is 1.77. The number of benzene rings is 1. The van der Waals surface area contributed by atoms with Gasteiger partial charge in [0.05, 0.1) is 29.6 Å². The molecule has 1 aromatic carbocycles. The number of nitrogens with zero attached hydrogens (tertiary/aromatic N) is 4. The lowest BCUT2D eigenvalue weighted by Crippen LogP contribution is -2.11. The number of carbonyl (C=O) groups is 1. The average molecular weight is 309 g/mol. The van der Waals surface area contributed by atoms with Crippen LogP contribution in [0.4, 0.5) is 5.69 Å². The minimum atomic E-state index is -0.649. The fourth-order valence-electron chi connectivity index (χ4n) is 2.26. The molecule has 0 unspecified atom stereocenters. The number of rotatable bonds is 3. The van der Waals surface area contributed by atoms with Gasteiger partial charge in [-0.15, -0.1) is 10.2 Å². The van der Waals surface area contributed by atoms with Gasteiger partial charge in [0, 0.05) is 6.20 Å². The molecule has 0 aliphatic carbocycles. The molecule has 8 heteroatoms. The number of anilines is 1. The summed E-state index contributed by atoms with van der Waals surface area (Å²) in [4.78, 5) is 12.1. The van der Waals surface area contributed by atoms with Gasteiger partial charge in [0.15, 0.2) is 5.69 Å². The van der Waals surface area contributed by atoms with Crippen molar-refractivity contribution in [3.8, 4) is 23.2 Å². The number of esters is 1. The third-order valence-electron chi connectivity index (χ3n) is 3.30. The molecule has 8 nitrogen and oxygen atoms in total. The molecular formula is C15H11N5O3. The van der Waals surface area contributed by atoms with Crippen molar-refractivity contribution in [1.29, 1.82) is 5.26 Å². The second-order valence-corrected chi connectivity index (χ2v) is 4.54. The van der Waals surface area contributed by atoms with E-state index in [2.05, 4.69) is 10.2 Å². The third kappa shape index (κ3) is 2.30. The number of ether oxygens (including phenoxy) is 1. The average Bonchev–Trinajstić information content (AvgIpc) is 3.22. The van der Waals surface area contributed by atoms with E-state index in [0.29, 0.717) is 11.3 Å². The molecule has 0 spiro atoms. The Morgan fingerprint density at radius 3 is 2.87 bits per heavy atom. The van der Waals surface area contributed by atoms with E-state index in [0.717, 1.165) is 0 Å². The van der Waals surface area contributed by atoms with E-state index in [1.807, 2.05) is 6.07 Å². The Morgan fingerprint density at radius 2 is 2.22 bits per heavy atom. The van der Waals surface area contributed by atoms with E-state index in [4.69, 9.17) is 14.9 Å². The summed E-state index contributed by atoms with van der Waals surface area (Å²) in [5.41, 5.74) is 7.35. The fourth-order valence-corrected chi connectivity index (χ4v) is 2.26. The van der Waals surface area contributed by atoms with E-state index in [9.17, 15) is 10.1 Å². The highest BCUT2D eigenvalue weighted by atomic mass is 16.5. The van der Waals surface area contributed by atoms with Gasteiger partial charge in [0.25, 0.3) is 0 Å². The second-order valence-electron chi connectivity index (χ2n) is 4.54. The third-order valence-corrected chi connectivity index (χ3v) is 3.30. The maximum absolute atomic E-state index is 12.1. The van der Waals surface area contributed by atoms with Crippen molar-refractivity contribution < 1.29 is 13.9 Å². The van der Waals surface area contributed by atoms with Gasteiger partial charge in [-0.2, -0.15) is 5.26 Å². The van der Waals surface area contributed by atoms with Crippen LogP contribution >= 0.6 is 0 Å². The summed E-state index contributed by atoms with van der Waals surface area (Å²) in [6, 6.07) is 9.02. The SMILES string of the molecule is COC(=O)c1c(N)c(C#N)cn1-c1ccccc1-c1nnco1. The summed E-state index contributed by atoms with van der Waals surface area (Å²) in [6.07, 6.45) is 2.68. The number of hydrogen-bond acceptors (Lipinski definition) is 7. The lowest BCUT2D eigenvalue weighted by atomic mass is 10.1. The van der Waals surface area contributed by atoms with Crippen molar-refractivity contribution in [2.45, 2.75) is 0 Å². The van der Waals surface area contributed by atoms with Crippen LogP contribution in [0.15, 0.2) is 41.3 Å². The maximum Gasteiger partial charge on any atom is 0.357 e. The van der Waals surface area contributed by atoms with Gasteiger partial charge in [0.1, 0.15) is 6.07 Å². The molecule has 0 bridgehead atoms. The molecule has 3 rings (SSSR count). The van der Waals surface area contributed by atoms with Crippen LogP contribution in [0, 0.1) is 11.3 Å². The first-order valence-corrected chi connectivity index (χ1v) is 6.52. The maximum atomic E-state index is 12.1. The van der Waals surface area contributed by atoms with Gasteiger partial charge in [-0.3, -0.25) is 0 Å². The van der Waals surface area contributed by atoms with Crippen molar-refractivity contribution in [2.24, 2.45) is 0 Å². The van der Waals surface area contributed by atoms with Crippen molar-refractivity contribution in [2.75, 3.05) is 12.8 Å². The van der Waals surface area contributed by atoms with Crippen LogP contribution in [0.2, 0.25) is 0 Å². The molecular weight excluding hydrogens is 298 g/mol. The smallest absolute Gasteiger partial charge is 0.357 e.